The topological polar surface area (TPSA) is 53.4 Å². The number of benzene rings is 1. The maximum Gasteiger partial charge on any atom is 0.257 e. The van der Waals surface area contributed by atoms with Crippen LogP contribution in [0.25, 0.3) is 0 Å². The van der Waals surface area contributed by atoms with Crippen LogP contribution in [-0.4, -0.2) is 26.9 Å². The third-order valence-corrected chi connectivity index (χ3v) is 5.06. The van der Waals surface area contributed by atoms with Crippen molar-refractivity contribution in [2.24, 2.45) is 0 Å². The first-order chi connectivity index (χ1) is 11.2. The van der Waals surface area contributed by atoms with Gasteiger partial charge in [0.2, 0.25) is 5.72 Å². The summed E-state index contributed by atoms with van der Waals surface area (Å²) >= 11 is 0. The van der Waals surface area contributed by atoms with Gasteiger partial charge in [0, 0.05) is 23.4 Å². The minimum absolute atomic E-state index is 0.0654. The molecule has 1 atom stereocenters. The predicted molar refractivity (Wildman–Crippen MR) is 86.7 cm³/mol. The van der Waals surface area contributed by atoms with E-state index in [4.69, 9.17) is 0 Å². The van der Waals surface area contributed by atoms with Crippen molar-refractivity contribution < 1.29 is 9.90 Å². The molecule has 4 heteroatoms. The van der Waals surface area contributed by atoms with Crippen LogP contribution in [0, 0.1) is 0 Å². The lowest BCUT2D eigenvalue weighted by molar-refractivity contribution is -0.0784. The largest absolute Gasteiger partial charge is 0.362 e. The number of pyridine rings is 1. The Morgan fingerprint density at radius 1 is 1.04 bits per heavy atom. The normalized spacial score (nSPS) is 24.7. The average molecular weight is 308 g/mol. The molecule has 0 unspecified atom stereocenters. The lowest BCUT2D eigenvalue weighted by Gasteiger charge is -2.41. The molecular weight excluding hydrogens is 288 g/mol. The van der Waals surface area contributed by atoms with Gasteiger partial charge in [-0.1, -0.05) is 43.5 Å². The molecule has 0 spiro atoms. The van der Waals surface area contributed by atoms with Crippen LogP contribution in [0.1, 0.15) is 53.7 Å². The van der Waals surface area contributed by atoms with Crippen molar-refractivity contribution in [2.75, 3.05) is 0 Å². The lowest BCUT2D eigenvalue weighted by Crippen LogP contribution is -2.51. The molecule has 1 fully saturated rings. The third kappa shape index (κ3) is 2.09. The maximum absolute atomic E-state index is 13.0. The lowest BCUT2D eigenvalue weighted by atomic mass is 9.91. The van der Waals surface area contributed by atoms with Gasteiger partial charge in [-0.25, -0.2) is 0 Å². The van der Waals surface area contributed by atoms with Crippen molar-refractivity contribution in [3.8, 4) is 0 Å². The number of carbonyl (C=O) groups excluding carboxylic acids is 1. The second-order valence-corrected chi connectivity index (χ2v) is 6.40. The number of hydrogen-bond donors (Lipinski definition) is 1. The summed E-state index contributed by atoms with van der Waals surface area (Å²) in [5.74, 6) is -0.0827. The van der Waals surface area contributed by atoms with Gasteiger partial charge in [0.25, 0.3) is 5.91 Å². The zero-order valence-electron chi connectivity index (χ0n) is 13.0. The van der Waals surface area contributed by atoms with E-state index in [0.717, 1.165) is 25.7 Å². The summed E-state index contributed by atoms with van der Waals surface area (Å²) in [6.07, 6.45) is 6.95. The number of amides is 1. The quantitative estimate of drug-likeness (QED) is 0.927. The van der Waals surface area contributed by atoms with Crippen LogP contribution in [0.5, 0.6) is 0 Å². The first-order valence-electron chi connectivity index (χ1n) is 8.30. The van der Waals surface area contributed by atoms with Gasteiger partial charge in [0.1, 0.15) is 0 Å². The van der Waals surface area contributed by atoms with E-state index in [0.29, 0.717) is 16.8 Å². The van der Waals surface area contributed by atoms with Crippen molar-refractivity contribution in [2.45, 2.75) is 43.9 Å². The molecule has 2 aliphatic rings. The first kappa shape index (κ1) is 14.4. The minimum atomic E-state index is -1.46. The standard InChI is InChI=1S/C19H20N2O2/c22-18-15-10-4-5-11-16(15)19(23,17-12-6-7-13-20-17)21(18)14-8-2-1-3-9-14/h4-7,10-14,23H,1-3,8-9H2/t19-/m0/s1. The molecule has 2 heterocycles. The Labute approximate surface area is 135 Å². The van der Waals surface area contributed by atoms with Gasteiger partial charge in [-0.3, -0.25) is 14.7 Å². The van der Waals surface area contributed by atoms with E-state index in [1.165, 1.54) is 6.42 Å². The molecule has 1 aliphatic carbocycles. The number of rotatable bonds is 2. The molecule has 1 amide bonds. The summed E-state index contributed by atoms with van der Waals surface area (Å²) in [5.41, 5.74) is 0.293. The van der Waals surface area contributed by atoms with Crippen molar-refractivity contribution in [3.05, 3.63) is 65.5 Å². The molecule has 2 aromatic rings. The minimum Gasteiger partial charge on any atom is -0.362 e. The highest BCUT2D eigenvalue weighted by atomic mass is 16.3. The molecule has 1 N–H and O–H groups in total. The molecule has 1 aliphatic heterocycles. The number of aliphatic hydroxyl groups is 1. The molecule has 1 aromatic carbocycles. The van der Waals surface area contributed by atoms with Crippen LogP contribution in [0.3, 0.4) is 0 Å². The van der Waals surface area contributed by atoms with Crippen molar-refractivity contribution in [3.63, 3.8) is 0 Å². The molecule has 1 aromatic heterocycles. The third-order valence-electron chi connectivity index (χ3n) is 5.06. The summed E-state index contributed by atoms with van der Waals surface area (Å²) in [5, 5.41) is 11.6. The fourth-order valence-corrected chi connectivity index (χ4v) is 3.98. The van der Waals surface area contributed by atoms with Crippen molar-refractivity contribution >= 4 is 5.91 Å². The summed E-state index contributed by atoms with van der Waals surface area (Å²) in [6, 6.07) is 12.9. The van der Waals surface area contributed by atoms with Gasteiger partial charge in [-0.05, 0) is 31.0 Å². The number of carbonyl (C=O) groups is 1. The Bertz CT molecular complexity index is 725. The van der Waals surface area contributed by atoms with E-state index >= 15 is 0 Å². The smallest absolute Gasteiger partial charge is 0.257 e. The van der Waals surface area contributed by atoms with Gasteiger partial charge in [0.05, 0.1) is 5.69 Å². The highest BCUT2D eigenvalue weighted by molar-refractivity contribution is 6.00. The molecule has 23 heavy (non-hydrogen) atoms. The Balaban J connectivity index is 1.89. The fourth-order valence-electron chi connectivity index (χ4n) is 3.98. The Hall–Kier alpha value is -2.20. The first-order valence-corrected chi connectivity index (χ1v) is 8.30. The molecule has 0 radical (unpaired) electrons. The maximum atomic E-state index is 13.0. The Morgan fingerprint density at radius 3 is 2.52 bits per heavy atom. The van der Waals surface area contributed by atoms with E-state index in [1.807, 2.05) is 30.3 Å². The van der Waals surface area contributed by atoms with Crippen molar-refractivity contribution in [1.82, 2.24) is 9.88 Å². The predicted octanol–water partition coefficient (Wildman–Crippen LogP) is 3.06. The van der Waals surface area contributed by atoms with Crippen LogP contribution < -0.4 is 0 Å². The molecule has 118 valence electrons. The second-order valence-electron chi connectivity index (χ2n) is 6.40. The van der Waals surface area contributed by atoms with Crippen LogP contribution in [0.2, 0.25) is 0 Å². The van der Waals surface area contributed by atoms with Crippen LogP contribution >= 0.6 is 0 Å². The van der Waals surface area contributed by atoms with Crippen LogP contribution in [-0.2, 0) is 5.72 Å². The van der Waals surface area contributed by atoms with Gasteiger partial charge in [-0.2, -0.15) is 0 Å². The van der Waals surface area contributed by atoms with Crippen molar-refractivity contribution in [1.29, 1.82) is 0 Å². The monoisotopic (exact) mass is 308 g/mol. The van der Waals surface area contributed by atoms with E-state index in [2.05, 4.69) is 4.98 Å². The summed E-state index contributed by atoms with van der Waals surface area (Å²) < 4.78 is 0. The average Bonchev–Trinajstić information content (AvgIpc) is 2.86. The molecule has 4 nitrogen and oxygen atoms in total. The summed E-state index contributed by atoms with van der Waals surface area (Å²) in [7, 11) is 0. The van der Waals surface area contributed by atoms with E-state index in [-0.39, 0.29) is 11.9 Å². The number of fused-ring (bicyclic) bond motifs is 1. The Kier molecular flexibility index (Phi) is 3.42. The van der Waals surface area contributed by atoms with Crippen LogP contribution in [0.4, 0.5) is 0 Å². The number of hydrogen-bond acceptors (Lipinski definition) is 3. The zero-order valence-corrected chi connectivity index (χ0v) is 13.0. The van der Waals surface area contributed by atoms with E-state index < -0.39 is 5.72 Å². The molecule has 0 saturated heterocycles. The Morgan fingerprint density at radius 2 is 1.78 bits per heavy atom. The van der Waals surface area contributed by atoms with E-state index in [9.17, 15) is 9.90 Å². The molecule has 4 rings (SSSR count). The SMILES string of the molecule is O=C1c2ccccc2[C@](O)(c2ccccn2)N1C1CCCCC1. The number of aromatic nitrogens is 1. The van der Waals surface area contributed by atoms with E-state index in [1.54, 1.807) is 23.2 Å². The summed E-state index contributed by atoms with van der Waals surface area (Å²) in [6.45, 7) is 0. The molecular formula is C19H20N2O2. The van der Waals surface area contributed by atoms with Gasteiger partial charge in [-0.15, -0.1) is 0 Å². The highest BCUT2D eigenvalue weighted by Gasteiger charge is 2.53. The second kappa shape index (κ2) is 5.46. The molecule has 1 saturated carbocycles. The number of nitrogens with zero attached hydrogens (tertiary/aromatic N) is 2. The highest BCUT2D eigenvalue weighted by Crippen LogP contribution is 2.44. The summed E-state index contributed by atoms with van der Waals surface area (Å²) in [4.78, 5) is 19.1. The van der Waals surface area contributed by atoms with Crippen LogP contribution in [0.15, 0.2) is 48.7 Å². The van der Waals surface area contributed by atoms with Gasteiger partial charge in [0.15, 0.2) is 0 Å². The van der Waals surface area contributed by atoms with Gasteiger partial charge < -0.3 is 5.11 Å². The zero-order chi connectivity index (χ0) is 15.9. The van der Waals surface area contributed by atoms with Gasteiger partial charge >= 0.3 is 0 Å². The molecule has 0 bridgehead atoms. The fraction of sp³-hybridized carbons (Fsp3) is 0.368.